The SMILES string of the molecule is O=C(NCC#Cc1ccccc1)c1ccccc1SCC1CCCO1. The predicted octanol–water partition coefficient (Wildman–Crippen LogP) is 3.74. The van der Waals surface area contributed by atoms with Crippen molar-refractivity contribution in [3.63, 3.8) is 0 Å². The number of hydrogen-bond acceptors (Lipinski definition) is 3. The van der Waals surface area contributed by atoms with Crippen molar-refractivity contribution in [3.05, 3.63) is 65.7 Å². The maximum Gasteiger partial charge on any atom is 0.253 e. The third-order valence-corrected chi connectivity index (χ3v) is 5.13. The quantitative estimate of drug-likeness (QED) is 0.659. The van der Waals surface area contributed by atoms with E-state index in [-0.39, 0.29) is 5.91 Å². The molecule has 0 aromatic heterocycles. The third-order valence-electron chi connectivity index (χ3n) is 3.92. The second-order valence-electron chi connectivity index (χ2n) is 5.79. The fourth-order valence-electron chi connectivity index (χ4n) is 2.63. The molecule has 1 heterocycles. The largest absolute Gasteiger partial charge is 0.377 e. The molecule has 2 aromatic carbocycles. The van der Waals surface area contributed by atoms with Gasteiger partial charge in [0.1, 0.15) is 0 Å². The molecule has 3 rings (SSSR count). The van der Waals surface area contributed by atoms with Gasteiger partial charge in [0.15, 0.2) is 0 Å². The third kappa shape index (κ3) is 5.38. The van der Waals surface area contributed by atoms with E-state index >= 15 is 0 Å². The van der Waals surface area contributed by atoms with Crippen LogP contribution in [0.5, 0.6) is 0 Å². The van der Waals surface area contributed by atoms with Gasteiger partial charge in [0.2, 0.25) is 0 Å². The summed E-state index contributed by atoms with van der Waals surface area (Å²) in [5, 5.41) is 2.88. The van der Waals surface area contributed by atoms with Crippen molar-refractivity contribution in [1.29, 1.82) is 0 Å². The Morgan fingerprint density at radius 1 is 1.16 bits per heavy atom. The lowest BCUT2D eigenvalue weighted by Crippen LogP contribution is -2.24. The number of hydrogen-bond donors (Lipinski definition) is 1. The second kappa shape index (κ2) is 9.31. The Bertz CT molecular complexity index is 758. The first kappa shape index (κ1) is 17.6. The molecule has 1 saturated heterocycles. The van der Waals surface area contributed by atoms with Crippen LogP contribution in [0.15, 0.2) is 59.5 Å². The van der Waals surface area contributed by atoms with Gasteiger partial charge in [-0.3, -0.25) is 4.79 Å². The summed E-state index contributed by atoms with van der Waals surface area (Å²) in [5.41, 5.74) is 1.65. The molecule has 3 nitrogen and oxygen atoms in total. The highest BCUT2D eigenvalue weighted by atomic mass is 32.2. The number of thioether (sulfide) groups is 1. The Labute approximate surface area is 153 Å². The van der Waals surface area contributed by atoms with Crippen molar-refractivity contribution >= 4 is 17.7 Å². The van der Waals surface area contributed by atoms with Crippen molar-refractivity contribution in [2.45, 2.75) is 23.8 Å². The molecule has 0 bridgehead atoms. The zero-order chi connectivity index (χ0) is 17.3. The summed E-state index contributed by atoms with van der Waals surface area (Å²) in [5.74, 6) is 6.83. The number of carbonyl (C=O) groups is 1. The van der Waals surface area contributed by atoms with Gasteiger partial charge in [0, 0.05) is 22.8 Å². The van der Waals surface area contributed by atoms with Gasteiger partial charge in [-0.05, 0) is 37.1 Å². The van der Waals surface area contributed by atoms with Crippen LogP contribution in [0.4, 0.5) is 0 Å². The summed E-state index contributed by atoms with van der Waals surface area (Å²) < 4.78 is 5.66. The Kier molecular flexibility index (Phi) is 6.55. The average molecular weight is 351 g/mol. The van der Waals surface area contributed by atoms with Gasteiger partial charge in [-0.1, -0.05) is 42.2 Å². The topological polar surface area (TPSA) is 38.3 Å². The Balaban J connectivity index is 1.55. The van der Waals surface area contributed by atoms with E-state index in [0.717, 1.165) is 35.7 Å². The summed E-state index contributed by atoms with van der Waals surface area (Å²) in [6.07, 6.45) is 2.54. The minimum absolute atomic E-state index is 0.0854. The zero-order valence-electron chi connectivity index (χ0n) is 14.0. The lowest BCUT2D eigenvalue weighted by Gasteiger charge is -2.11. The molecular weight excluding hydrogens is 330 g/mol. The molecule has 0 spiro atoms. The average Bonchev–Trinajstić information content (AvgIpc) is 3.18. The van der Waals surface area contributed by atoms with E-state index in [1.807, 2.05) is 54.6 Å². The van der Waals surface area contributed by atoms with E-state index in [1.54, 1.807) is 11.8 Å². The normalized spacial score (nSPS) is 16.1. The van der Waals surface area contributed by atoms with Crippen molar-refractivity contribution in [2.24, 2.45) is 0 Å². The van der Waals surface area contributed by atoms with Crippen LogP contribution in [0.25, 0.3) is 0 Å². The summed E-state index contributed by atoms with van der Waals surface area (Å²) >= 11 is 1.69. The van der Waals surface area contributed by atoms with Crippen LogP contribution in [0, 0.1) is 11.8 Å². The minimum atomic E-state index is -0.0854. The van der Waals surface area contributed by atoms with Crippen LogP contribution < -0.4 is 5.32 Å². The molecule has 0 radical (unpaired) electrons. The molecule has 25 heavy (non-hydrogen) atoms. The maximum absolute atomic E-state index is 12.4. The lowest BCUT2D eigenvalue weighted by molar-refractivity contribution is 0.0955. The Morgan fingerprint density at radius 2 is 1.96 bits per heavy atom. The van der Waals surface area contributed by atoms with Gasteiger partial charge in [-0.15, -0.1) is 11.8 Å². The second-order valence-corrected chi connectivity index (χ2v) is 6.85. The predicted molar refractivity (Wildman–Crippen MR) is 102 cm³/mol. The van der Waals surface area contributed by atoms with Crippen LogP contribution in [0.3, 0.4) is 0 Å². The van der Waals surface area contributed by atoms with E-state index < -0.39 is 0 Å². The monoisotopic (exact) mass is 351 g/mol. The van der Waals surface area contributed by atoms with Gasteiger partial charge in [-0.25, -0.2) is 0 Å². The molecule has 4 heteroatoms. The van der Waals surface area contributed by atoms with E-state index in [2.05, 4.69) is 17.2 Å². The van der Waals surface area contributed by atoms with E-state index in [4.69, 9.17) is 4.74 Å². The first-order valence-electron chi connectivity index (χ1n) is 8.48. The number of ether oxygens (including phenoxy) is 1. The summed E-state index contributed by atoms with van der Waals surface area (Å²) in [6.45, 7) is 1.19. The smallest absolute Gasteiger partial charge is 0.253 e. The first-order valence-corrected chi connectivity index (χ1v) is 9.47. The molecule has 0 aliphatic carbocycles. The van der Waals surface area contributed by atoms with E-state index in [1.165, 1.54) is 0 Å². The highest BCUT2D eigenvalue weighted by molar-refractivity contribution is 7.99. The minimum Gasteiger partial charge on any atom is -0.377 e. The standard InChI is InChI=1S/C21H21NO2S/c23-21(22-14-6-10-17-8-2-1-3-9-17)19-12-4-5-13-20(19)25-16-18-11-7-15-24-18/h1-5,8-9,12-13,18H,7,11,14-16H2,(H,22,23). The van der Waals surface area contributed by atoms with Crippen LogP contribution in [-0.4, -0.2) is 30.9 Å². The molecular formula is C21H21NO2S. The summed E-state index contributed by atoms with van der Waals surface area (Å²) in [4.78, 5) is 13.4. The number of rotatable bonds is 5. The molecule has 1 aliphatic heterocycles. The van der Waals surface area contributed by atoms with E-state index in [9.17, 15) is 4.79 Å². The zero-order valence-corrected chi connectivity index (χ0v) is 14.9. The molecule has 1 amide bonds. The van der Waals surface area contributed by atoms with Crippen molar-refractivity contribution in [2.75, 3.05) is 18.9 Å². The lowest BCUT2D eigenvalue weighted by atomic mass is 10.2. The Hall–Kier alpha value is -2.22. The molecule has 1 unspecified atom stereocenters. The van der Waals surface area contributed by atoms with Crippen molar-refractivity contribution in [1.82, 2.24) is 5.32 Å². The van der Waals surface area contributed by atoms with Crippen LogP contribution in [-0.2, 0) is 4.74 Å². The summed E-state index contributed by atoms with van der Waals surface area (Å²) in [6, 6.07) is 17.5. The van der Waals surface area contributed by atoms with E-state index in [0.29, 0.717) is 18.2 Å². The molecule has 0 saturated carbocycles. The van der Waals surface area contributed by atoms with Crippen LogP contribution in [0.2, 0.25) is 0 Å². The highest BCUT2D eigenvalue weighted by Crippen LogP contribution is 2.26. The maximum atomic E-state index is 12.4. The van der Waals surface area contributed by atoms with Crippen LogP contribution >= 0.6 is 11.8 Å². The summed E-state index contributed by atoms with van der Waals surface area (Å²) in [7, 11) is 0. The van der Waals surface area contributed by atoms with Gasteiger partial charge in [0.05, 0.1) is 18.2 Å². The fourth-order valence-corrected chi connectivity index (χ4v) is 3.75. The van der Waals surface area contributed by atoms with Crippen molar-refractivity contribution < 1.29 is 9.53 Å². The van der Waals surface area contributed by atoms with Crippen molar-refractivity contribution in [3.8, 4) is 11.8 Å². The van der Waals surface area contributed by atoms with Gasteiger partial charge >= 0.3 is 0 Å². The molecule has 1 atom stereocenters. The molecule has 1 N–H and O–H groups in total. The van der Waals surface area contributed by atoms with Gasteiger partial charge < -0.3 is 10.1 Å². The fraction of sp³-hybridized carbons (Fsp3) is 0.286. The number of amides is 1. The number of carbonyl (C=O) groups excluding carboxylic acids is 1. The molecule has 1 fully saturated rings. The Morgan fingerprint density at radius 3 is 2.76 bits per heavy atom. The first-order chi connectivity index (χ1) is 12.3. The number of benzene rings is 2. The number of nitrogens with one attached hydrogen (secondary N) is 1. The molecule has 1 aliphatic rings. The molecule has 2 aromatic rings. The van der Waals surface area contributed by atoms with Gasteiger partial charge in [-0.2, -0.15) is 0 Å². The highest BCUT2D eigenvalue weighted by Gasteiger charge is 2.17. The van der Waals surface area contributed by atoms with Crippen LogP contribution in [0.1, 0.15) is 28.8 Å². The van der Waals surface area contributed by atoms with Gasteiger partial charge in [0.25, 0.3) is 5.91 Å². The molecule has 128 valence electrons.